The van der Waals surface area contributed by atoms with E-state index in [9.17, 15) is 0 Å². The first-order valence-corrected chi connectivity index (χ1v) is 19.7. The van der Waals surface area contributed by atoms with Gasteiger partial charge in [0.15, 0.2) is 0 Å². The normalized spacial score (nSPS) is 12.2. The summed E-state index contributed by atoms with van der Waals surface area (Å²) in [5.41, 5.74) is 0. The Balaban J connectivity index is 3.50. The van der Waals surface area contributed by atoms with Gasteiger partial charge >= 0.3 is 0 Å². The lowest BCUT2D eigenvalue weighted by molar-refractivity contribution is -0.860. The molecule has 0 aliphatic heterocycles. The van der Waals surface area contributed by atoms with Crippen molar-refractivity contribution in [1.29, 1.82) is 0 Å². The maximum absolute atomic E-state index is 2.47. The molecular formula is C40H82N+. The highest BCUT2D eigenvalue weighted by atomic mass is 15.3. The molecule has 0 spiro atoms. The van der Waals surface area contributed by atoms with Crippen LogP contribution in [0.3, 0.4) is 0 Å². The second-order valence-electron chi connectivity index (χ2n) is 14.0. The van der Waals surface area contributed by atoms with Crippen LogP contribution >= 0.6 is 0 Å². The van der Waals surface area contributed by atoms with Gasteiger partial charge in [-0.05, 0) is 38.7 Å². The van der Waals surface area contributed by atoms with Gasteiger partial charge in [-0.25, -0.2) is 0 Å². The molecule has 246 valence electrons. The first-order chi connectivity index (χ1) is 20.2. The van der Waals surface area contributed by atoms with Crippen LogP contribution in [0, 0.1) is 0 Å². The van der Waals surface area contributed by atoms with Gasteiger partial charge in [0.1, 0.15) is 0 Å². The molecule has 0 aromatic carbocycles. The number of rotatable bonds is 35. The number of nitrogens with zero attached hydrogens (tertiary/aromatic N) is 1. The highest BCUT2D eigenvalue weighted by Crippen LogP contribution is 2.17. The van der Waals surface area contributed by atoms with Crippen LogP contribution in [0.25, 0.3) is 0 Å². The summed E-state index contributed by atoms with van der Waals surface area (Å²) in [5.74, 6) is 0. The Bertz CT molecular complexity index is 459. The molecule has 1 heteroatoms. The van der Waals surface area contributed by atoms with Gasteiger partial charge in [-0.3, -0.25) is 4.48 Å². The van der Waals surface area contributed by atoms with Crippen LogP contribution in [0.1, 0.15) is 226 Å². The van der Waals surface area contributed by atoms with E-state index in [1.807, 2.05) is 0 Å². The Morgan fingerprint density at radius 3 is 0.707 bits per heavy atom. The average molecular weight is 577 g/mol. The summed E-state index contributed by atoms with van der Waals surface area (Å²) in [6.07, 6.45) is 51.4. The molecule has 41 heavy (non-hydrogen) atoms. The lowest BCUT2D eigenvalue weighted by Gasteiger charge is -2.30. The van der Waals surface area contributed by atoms with Gasteiger partial charge in [-0.1, -0.05) is 194 Å². The first-order valence-electron chi connectivity index (χ1n) is 19.7. The van der Waals surface area contributed by atoms with E-state index in [4.69, 9.17) is 0 Å². The van der Waals surface area contributed by atoms with Crippen LogP contribution in [-0.4, -0.2) is 24.6 Å². The van der Waals surface area contributed by atoms with Crippen molar-refractivity contribution >= 4 is 0 Å². The van der Waals surface area contributed by atoms with Gasteiger partial charge in [0.25, 0.3) is 0 Å². The number of quaternary nitrogens is 1. The van der Waals surface area contributed by atoms with E-state index in [1.54, 1.807) is 0 Å². The Labute approximate surface area is 262 Å². The van der Waals surface area contributed by atoms with Crippen LogP contribution in [0.15, 0.2) is 12.3 Å². The highest BCUT2D eigenvalue weighted by molar-refractivity contribution is 4.68. The van der Waals surface area contributed by atoms with E-state index in [-0.39, 0.29) is 0 Å². The van der Waals surface area contributed by atoms with Crippen molar-refractivity contribution in [2.24, 2.45) is 0 Å². The maximum atomic E-state index is 2.47. The molecule has 0 saturated carbocycles. The average Bonchev–Trinajstić information content (AvgIpc) is 2.97. The van der Waals surface area contributed by atoms with Gasteiger partial charge in [0.2, 0.25) is 0 Å². The molecule has 0 saturated heterocycles. The quantitative estimate of drug-likeness (QED) is 0.0520. The Hall–Kier alpha value is -0.300. The first kappa shape index (κ1) is 40.7. The molecule has 0 aliphatic rings. The van der Waals surface area contributed by atoms with Gasteiger partial charge in [0.05, 0.1) is 26.3 Å². The van der Waals surface area contributed by atoms with Crippen LogP contribution in [0.4, 0.5) is 0 Å². The lowest BCUT2D eigenvalue weighted by Crippen LogP contribution is -2.40. The van der Waals surface area contributed by atoms with Gasteiger partial charge in [-0.15, -0.1) is 0 Å². The number of hydrogen-bond acceptors (Lipinski definition) is 0. The summed E-state index contributed by atoms with van der Waals surface area (Å²) in [5, 5.41) is 0. The van der Waals surface area contributed by atoms with Gasteiger partial charge in [0, 0.05) is 0 Å². The Morgan fingerprint density at radius 1 is 0.317 bits per heavy atom. The maximum Gasteiger partial charge on any atom is 0.0913 e. The van der Waals surface area contributed by atoms with Crippen LogP contribution in [0.2, 0.25) is 0 Å². The van der Waals surface area contributed by atoms with Crippen molar-refractivity contribution in [2.75, 3.05) is 20.1 Å². The molecule has 0 amide bonds. The summed E-state index contributed by atoms with van der Waals surface area (Å²) in [6, 6.07) is 0. The molecule has 0 rings (SSSR count). The van der Waals surface area contributed by atoms with E-state index >= 15 is 0 Å². The minimum Gasteiger partial charge on any atom is -0.300 e. The predicted molar refractivity (Wildman–Crippen MR) is 190 cm³/mol. The van der Waals surface area contributed by atoms with Crippen molar-refractivity contribution in [3.63, 3.8) is 0 Å². The van der Waals surface area contributed by atoms with Gasteiger partial charge < -0.3 is 0 Å². The molecular weight excluding hydrogens is 494 g/mol. The second kappa shape index (κ2) is 34.2. The topological polar surface area (TPSA) is 0 Å². The zero-order valence-corrected chi connectivity index (χ0v) is 29.6. The van der Waals surface area contributed by atoms with Crippen molar-refractivity contribution in [1.82, 2.24) is 0 Å². The van der Waals surface area contributed by atoms with Crippen LogP contribution < -0.4 is 0 Å². The summed E-state index contributed by atoms with van der Waals surface area (Å²) in [4.78, 5) is 0. The Morgan fingerprint density at radius 2 is 0.512 bits per heavy atom. The number of hydrogen-bond donors (Lipinski definition) is 0. The molecule has 0 atom stereocenters. The number of unbranched alkanes of at least 4 members (excludes halogenated alkanes) is 30. The molecule has 0 aromatic heterocycles. The molecule has 0 aliphatic carbocycles. The summed E-state index contributed by atoms with van der Waals surface area (Å²) in [6.45, 7) is 9.49. The van der Waals surface area contributed by atoms with Crippen LogP contribution in [0.5, 0.6) is 0 Å². The minimum atomic E-state index is 1.16. The molecule has 1 nitrogen and oxygen atoms in total. The lowest BCUT2D eigenvalue weighted by atomic mass is 10.0. The van der Waals surface area contributed by atoms with Crippen molar-refractivity contribution < 1.29 is 4.48 Å². The zero-order valence-electron chi connectivity index (χ0n) is 29.6. The SMILES string of the molecule is C/C=C/[N+](C)(CCCCCCCCCCCCCCCCCC)CCCCCCCCCCCCCCCCCC. The molecule has 0 N–H and O–H groups in total. The minimum absolute atomic E-state index is 1.16. The molecule has 0 radical (unpaired) electrons. The third-order valence-electron chi connectivity index (χ3n) is 9.55. The third-order valence-corrected chi connectivity index (χ3v) is 9.55. The van der Waals surface area contributed by atoms with Gasteiger partial charge in [-0.2, -0.15) is 0 Å². The molecule has 0 aromatic rings. The molecule has 0 fully saturated rings. The summed E-state index contributed by atoms with van der Waals surface area (Å²) >= 11 is 0. The summed E-state index contributed by atoms with van der Waals surface area (Å²) < 4.78 is 1.16. The monoisotopic (exact) mass is 577 g/mol. The molecule has 0 heterocycles. The fourth-order valence-electron chi connectivity index (χ4n) is 6.66. The highest BCUT2D eigenvalue weighted by Gasteiger charge is 2.17. The van der Waals surface area contributed by atoms with E-state index in [1.165, 1.54) is 219 Å². The van der Waals surface area contributed by atoms with Crippen molar-refractivity contribution in [3.8, 4) is 0 Å². The summed E-state index contributed by atoms with van der Waals surface area (Å²) in [7, 11) is 2.47. The van der Waals surface area contributed by atoms with E-state index in [0.717, 1.165) is 4.48 Å². The second-order valence-corrected chi connectivity index (χ2v) is 14.0. The third kappa shape index (κ3) is 32.4. The number of allylic oxidation sites excluding steroid dienone is 1. The Kier molecular flexibility index (Phi) is 33.9. The standard InChI is InChI=1S/C40H82N/c1-5-8-10-12-14-16-18-20-22-24-26-28-30-32-34-36-39-41(4,38-7-3)40-37-35-33-31-29-27-25-23-21-19-17-15-13-11-9-6-2/h7,38H,5-6,8-37,39-40H2,1-4H3/q+1/b38-7+. The zero-order chi connectivity index (χ0) is 30.0. The van der Waals surface area contributed by atoms with E-state index in [0.29, 0.717) is 0 Å². The predicted octanol–water partition coefficient (Wildman–Crippen LogP) is 14.5. The van der Waals surface area contributed by atoms with E-state index in [2.05, 4.69) is 40.1 Å². The smallest absolute Gasteiger partial charge is 0.0913 e. The fraction of sp³-hybridized carbons (Fsp3) is 0.950. The van der Waals surface area contributed by atoms with Crippen molar-refractivity contribution in [3.05, 3.63) is 12.3 Å². The fourth-order valence-corrected chi connectivity index (χ4v) is 6.66. The molecule has 0 unspecified atom stereocenters. The van der Waals surface area contributed by atoms with Crippen molar-refractivity contribution in [2.45, 2.75) is 226 Å². The largest absolute Gasteiger partial charge is 0.300 e. The molecule has 0 bridgehead atoms. The van der Waals surface area contributed by atoms with Crippen LogP contribution in [-0.2, 0) is 0 Å². The van der Waals surface area contributed by atoms with E-state index < -0.39 is 0 Å².